The second-order valence-electron chi connectivity index (χ2n) is 21.1. The Morgan fingerprint density at radius 3 is 2.02 bits per heavy atom. The van der Waals surface area contributed by atoms with Gasteiger partial charge in [0.25, 0.3) is 17.7 Å². The van der Waals surface area contributed by atoms with Crippen molar-refractivity contribution in [3.8, 4) is 43.4 Å². The first-order valence-electron chi connectivity index (χ1n) is 27.4. The van der Waals surface area contributed by atoms with Gasteiger partial charge in [-0.3, -0.25) is 28.8 Å². The monoisotopic (exact) mass is 1270 g/mol. The van der Waals surface area contributed by atoms with Crippen LogP contribution in [0.4, 0.5) is 0 Å². The Hall–Kier alpha value is -7.73. The SMILES string of the molecule is Cc1ccc(C[C@@H]2NC(=O)c3csc(n3)[C@H]([C@H](O)c3ccccc3)CC(=O)c3nc(sc3C)[C@H](CC(N)=O)NC(=O)c3csc(n3)-c3ccc(-c4nc(C(N)=O)cs4)nc3-c3csc(n3)-c3csc(n3)[C@H]([C@@H](C)[C@@H](O)CN3CCCC3)NC2=O)cc1. The van der Waals surface area contributed by atoms with Crippen LogP contribution in [0.25, 0.3) is 43.4 Å². The molecule has 0 unspecified atom stereocenters. The van der Waals surface area contributed by atoms with E-state index in [2.05, 4.69) is 25.8 Å². The molecule has 2 aliphatic heterocycles. The maximum atomic E-state index is 15.1. The van der Waals surface area contributed by atoms with Gasteiger partial charge in [0.1, 0.15) is 70.9 Å². The summed E-state index contributed by atoms with van der Waals surface area (Å²) in [5, 5.41) is 43.6. The number of aromatic nitrogens is 7. The zero-order chi connectivity index (χ0) is 60.3. The molecule has 11 rings (SSSR count). The predicted octanol–water partition coefficient (Wildman–Crippen LogP) is 8.25. The van der Waals surface area contributed by atoms with Gasteiger partial charge >= 0.3 is 0 Å². The minimum Gasteiger partial charge on any atom is -0.391 e. The second-order valence-corrected chi connectivity index (χ2v) is 26.7. The Balaban J connectivity index is 1.02. The van der Waals surface area contributed by atoms with Crippen LogP contribution < -0.4 is 27.4 Å². The fourth-order valence-corrected chi connectivity index (χ4v) is 15.5. The molecule has 2 aliphatic rings. The zero-order valence-corrected chi connectivity index (χ0v) is 51.4. The van der Waals surface area contributed by atoms with Crippen LogP contribution in [0.15, 0.2) is 93.6 Å². The van der Waals surface area contributed by atoms with Crippen LogP contribution in [0.3, 0.4) is 0 Å². The van der Waals surface area contributed by atoms with Gasteiger partial charge in [0.15, 0.2) is 5.78 Å². The third-order valence-electron chi connectivity index (χ3n) is 14.9. The number of thiazole rings is 6. The first kappa shape index (κ1) is 60.0. The standard InChI is InChI=1S/C59H57N13O8S6/c1-28-11-13-31(14-12-28)19-36-51(78)70-46(29(2)44(74)22-72-17-7-8-18-72)59-69-42(27-85-59)57-65-38(23-83-57)48-33(15-16-35(62-48)56-66-39(24-84-56)50(61)77)54-67-41(25-81-54)53(80)64-37(21-45(60)75)58-71-47(30(3)86-58)43(73)20-34(49(76)32-9-5-4-6-10-32)55-68-40(26-82-55)52(79)63-36/h4-6,9-16,23-27,29,34,36-37,44,46,49,74,76H,7-8,17-22H2,1-3H3,(H2,60,75)(H2,61,77)(H,63,79)(H,64,80)(H,70,78)/t29-,34-,36-,37-,44-,46-,49+/m0/s1. The van der Waals surface area contributed by atoms with E-state index in [4.69, 9.17) is 41.4 Å². The van der Waals surface area contributed by atoms with Crippen molar-refractivity contribution in [1.29, 1.82) is 0 Å². The van der Waals surface area contributed by atoms with E-state index in [0.717, 1.165) is 71.1 Å². The quantitative estimate of drug-likeness (QED) is 0.0605. The molecular weight excluding hydrogens is 1210 g/mol. The number of aliphatic hydroxyl groups is 2. The zero-order valence-electron chi connectivity index (χ0n) is 46.5. The third-order valence-corrected chi connectivity index (χ3v) is 20.5. The molecule has 21 nitrogen and oxygen atoms in total. The lowest BCUT2D eigenvalue weighted by molar-refractivity contribution is -0.124. The van der Waals surface area contributed by atoms with Crippen LogP contribution in [0.2, 0.25) is 0 Å². The summed E-state index contributed by atoms with van der Waals surface area (Å²) in [6, 6.07) is 16.7. The number of hydrogen-bond acceptors (Lipinski definition) is 22. The van der Waals surface area contributed by atoms with E-state index >= 15 is 4.79 Å². The van der Waals surface area contributed by atoms with Gasteiger partial charge in [-0.25, -0.2) is 34.9 Å². The number of amides is 5. The van der Waals surface area contributed by atoms with Gasteiger partial charge in [0.2, 0.25) is 11.8 Å². The topological polar surface area (TPSA) is 324 Å². The number of ketones is 1. The average molecular weight is 1270 g/mol. The van der Waals surface area contributed by atoms with Crippen LogP contribution in [-0.4, -0.2) is 117 Å². The summed E-state index contributed by atoms with van der Waals surface area (Å²) >= 11 is 7.10. The smallest absolute Gasteiger partial charge is 0.271 e. The minimum atomic E-state index is -1.28. The maximum Gasteiger partial charge on any atom is 0.271 e. The van der Waals surface area contributed by atoms with Gasteiger partial charge in [-0.15, -0.1) is 68.0 Å². The molecule has 0 radical (unpaired) electrons. The number of primary amides is 2. The molecule has 10 bridgehead atoms. The Bertz CT molecular complexity index is 3980. The van der Waals surface area contributed by atoms with Gasteiger partial charge in [-0.1, -0.05) is 67.1 Å². The van der Waals surface area contributed by atoms with Gasteiger partial charge in [-0.2, -0.15) is 0 Å². The van der Waals surface area contributed by atoms with E-state index in [0.29, 0.717) is 65.4 Å². The number of nitrogens with zero attached hydrogens (tertiary/aromatic N) is 8. The third kappa shape index (κ3) is 13.4. The summed E-state index contributed by atoms with van der Waals surface area (Å²) in [7, 11) is 0. The predicted molar refractivity (Wildman–Crippen MR) is 331 cm³/mol. The summed E-state index contributed by atoms with van der Waals surface area (Å²) in [5.41, 5.74) is 15.8. The van der Waals surface area contributed by atoms with Gasteiger partial charge in [0.05, 0.1) is 41.4 Å². The molecule has 2 aromatic carbocycles. The molecule has 0 aliphatic carbocycles. The molecule has 1 saturated heterocycles. The highest BCUT2D eigenvalue weighted by molar-refractivity contribution is 7.15. The molecule has 1 fully saturated rings. The Morgan fingerprint density at radius 2 is 1.29 bits per heavy atom. The molecule has 7 aromatic heterocycles. The van der Waals surface area contributed by atoms with Crippen LogP contribution in [0, 0.1) is 19.8 Å². The largest absolute Gasteiger partial charge is 0.391 e. The van der Waals surface area contributed by atoms with Crippen LogP contribution in [-0.2, 0) is 16.0 Å². The van der Waals surface area contributed by atoms with Crippen LogP contribution in [0.1, 0.15) is 135 Å². The lowest BCUT2D eigenvalue weighted by Gasteiger charge is -2.31. The number of benzene rings is 2. The number of carbonyl (C=O) groups is 6. The van der Waals surface area contributed by atoms with Crippen molar-refractivity contribution in [2.45, 2.75) is 89.1 Å². The van der Waals surface area contributed by atoms with Crippen molar-refractivity contribution in [1.82, 2.24) is 55.7 Å². The fourth-order valence-electron chi connectivity index (χ4n) is 10.2. The highest BCUT2D eigenvalue weighted by Crippen LogP contribution is 2.41. The number of nitrogens with two attached hydrogens (primary N) is 2. The van der Waals surface area contributed by atoms with E-state index < -0.39 is 77.5 Å². The number of hydrogen-bond donors (Lipinski definition) is 7. The Morgan fingerprint density at radius 1 is 0.651 bits per heavy atom. The highest BCUT2D eigenvalue weighted by atomic mass is 32.1. The van der Waals surface area contributed by atoms with Crippen molar-refractivity contribution in [3.63, 3.8) is 0 Å². The van der Waals surface area contributed by atoms with Crippen molar-refractivity contribution in [2.75, 3.05) is 19.6 Å². The molecule has 0 spiro atoms. The van der Waals surface area contributed by atoms with Gasteiger partial charge in [-0.05, 0) is 63.0 Å². The molecule has 86 heavy (non-hydrogen) atoms. The molecule has 9 aromatic rings. The summed E-state index contributed by atoms with van der Waals surface area (Å²) in [6.07, 6.45) is -0.763. The van der Waals surface area contributed by atoms with Crippen molar-refractivity contribution < 1.29 is 39.0 Å². The first-order valence-corrected chi connectivity index (χ1v) is 32.6. The summed E-state index contributed by atoms with van der Waals surface area (Å²) in [4.78, 5) is 120. The summed E-state index contributed by atoms with van der Waals surface area (Å²) in [5.74, 6) is -5.39. The average Bonchev–Trinajstić information content (AvgIpc) is 3.49. The summed E-state index contributed by atoms with van der Waals surface area (Å²) in [6.45, 7) is 7.54. The normalized spacial score (nSPS) is 19.0. The molecule has 9 heterocycles. The first-order chi connectivity index (χ1) is 41.4. The fraction of sp³-hybridized carbons (Fsp3) is 0.305. The lowest BCUT2D eigenvalue weighted by atomic mass is 9.90. The minimum absolute atomic E-state index is 0.000147. The number of nitrogens with one attached hydrogen (secondary N) is 3. The number of aryl methyl sites for hydroxylation is 2. The number of aliphatic hydroxyl groups excluding tert-OH is 2. The maximum absolute atomic E-state index is 15.1. The van der Waals surface area contributed by atoms with E-state index in [1.54, 1.807) is 65.5 Å². The van der Waals surface area contributed by atoms with E-state index in [1.807, 2.05) is 43.5 Å². The number of carbonyl (C=O) groups excluding carboxylic acids is 6. The molecule has 0 saturated carbocycles. The van der Waals surface area contributed by atoms with E-state index in [1.165, 1.54) is 39.4 Å². The van der Waals surface area contributed by atoms with E-state index in [9.17, 15) is 34.2 Å². The summed E-state index contributed by atoms with van der Waals surface area (Å²) < 4.78 is 0. The molecule has 5 amide bonds. The number of rotatable bonds is 12. The van der Waals surface area contributed by atoms with Crippen molar-refractivity contribution in [3.05, 3.63) is 153 Å². The molecule has 442 valence electrons. The molecule has 27 heteroatoms. The van der Waals surface area contributed by atoms with Crippen molar-refractivity contribution in [2.24, 2.45) is 17.4 Å². The second kappa shape index (κ2) is 26.1. The Labute approximate surface area is 517 Å². The Kier molecular flexibility index (Phi) is 18.2. The van der Waals surface area contributed by atoms with Crippen LogP contribution in [0.5, 0.6) is 0 Å². The van der Waals surface area contributed by atoms with E-state index in [-0.39, 0.29) is 52.1 Å². The number of Topliss-reactive ketones (excluding diaryl/α,β-unsaturated/α-hetero) is 1. The number of pyridine rings is 1. The molecule has 9 N–H and O–H groups in total. The highest BCUT2D eigenvalue weighted by Gasteiger charge is 2.36. The van der Waals surface area contributed by atoms with Gasteiger partial charge < -0.3 is 42.5 Å². The lowest BCUT2D eigenvalue weighted by Crippen LogP contribution is -2.51. The number of likely N-dealkylation sites (tertiary alicyclic amines) is 1. The molecular formula is C59H57N13O8S6. The van der Waals surface area contributed by atoms with Crippen LogP contribution >= 0.6 is 68.0 Å². The van der Waals surface area contributed by atoms with Gasteiger partial charge in [0, 0.05) is 68.6 Å². The number of fused-ring (bicyclic) bond motifs is 14. The molecule has 7 atom stereocenters. The number of β-amino-alcohol motifs (C(OH)–C–C–N with tert-alkyl or cyclic N) is 1. The van der Waals surface area contributed by atoms with Crippen molar-refractivity contribution >= 4 is 103 Å².